The number of halogens is 1. The van der Waals surface area contributed by atoms with Crippen LogP contribution in [0.25, 0.3) is 16.9 Å². The largest absolute Gasteiger partial charge is 0.361 e. The van der Waals surface area contributed by atoms with Crippen molar-refractivity contribution in [2.24, 2.45) is 0 Å². The van der Waals surface area contributed by atoms with Crippen molar-refractivity contribution in [2.45, 2.75) is 5.75 Å². The Kier molecular flexibility index (Phi) is 5.14. The van der Waals surface area contributed by atoms with Crippen molar-refractivity contribution in [3.63, 3.8) is 0 Å². The predicted molar refractivity (Wildman–Crippen MR) is 109 cm³/mol. The van der Waals surface area contributed by atoms with E-state index in [0.29, 0.717) is 16.9 Å². The highest BCUT2D eigenvalue weighted by Crippen LogP contribution is 2.28. The van der Waals surface area contributed by atoms with E-state index < -0.39 is 15.9 Å². The molecule has 3 aromatic carbocycles. The maximum absolute atomic E-state index is 13.3. The lowest BCUT2D eigenvalue weighted by Gasteiger charge is -2.09. The van der Waals surface area contributed by atoms with Crippen LogP contribution in [0.1, 0.15) is 5.56 Å². The molecule has 0 unspecified atom stereocenters. The first-order valence-electron chi connectivity index (χ1n) is 8.88. The van der Waals surface area contributed by atoms with Crippen LogP contribution in [0.15, 0.2) is 91.0 Å². The third-order valence-corrected chi connectivity index (χ3v) is 5.33. The van der Waals surface area contributed by atoms with E-state index in [4.69, 9.17) is 4.18 Å². The summed E-state index contributed by atoms with van der Waals surface area (Å²) in [5.41, 5.74) is 2.45. The van der Waals surface area contributed by atoms with E-state index in [9.17, 15) is 12.8 Å². The van der Waals surface area contributed by atoms with E-state index in [1.165, 1.54) is 28.9 Å². The zero-order chi connectivity index (χ0) is 20.3. The minimum absolute atomic E-state index is 0.0337. The van der Waals surface area contributed by atoms with Crippen LogP contribution in [0.4, 0.5) is 4.39 Å². The van der Waals surface area contributed by atoms with Crippen LogP contribution in [-0.4, -0.2) is 18.2 Å². The molecule has 5 nitrogen and oxygen atoms in total. The first-order valence-corrected chi connectivity index (χ1v) is 10.5. The standard InChI is InChI=1S/C22H17FN2O3S/c23-19-11-13-20(14-12-19)25-22(15-21(24-25)18-9-5-2-6-10-18)28-29(26,27)16-17-7-3-1-4-8-17/h1-15H,16H2. The molecular weight excluding hydrogens is 391 g/mol. The van der Waals surface area contributed by atoms with E-state index in [0.717, 1.165) is 5.56 Å². The fourth-order valence-corrected chi connectivity index (χ4v) is 3.92. The average molecular weight is 408 g/mol. The van der Waals surface area contributed by atoms with Crippen molar-refractivity contribution in [1.82, 2.24) is 9.78 Å². The summed E-state index contributed by atoms with van der Waals surface area (Å²) in [5.74, 6) is -0.641. The van der Waals surface area contributed by atoms with Crippen molar-refractivity contribution in [1.29, 1.82) is 0 Å². The maximum atomic E-state index is 13.3. The highest BCUT2D eigenvalue weighted by molar-refractivity contribution is 7.86. The molecule has 0 aliphatic carbocycles. The SMILES string of the molecule is O=S(=O)(Cc1ccccc1)Oc1cc(-c2ccccc2)nn1-c1ccc(F)cc1. The summed E-state index contributed by atoms with van der Waals surface area (Å²) in [4.78, 5) is 0. The molecule has 0 atom stereocenters. The summed E-state index contributed by atoms with van der Waals surface area (Å²) in [6.45, 7) is 0. The number of benzene rings is 3. The van der Waals surface area contributed by atoms with Gasteiger partial charge in [-0.05, 0) is 29.8 Å². The minimum atomic E-state index is -3.93. The summed E-state index contributed by atoms with van der Waals surface area (Å²) < 4.78 is 45.3. The van der Waals surface area contributed by atoms with E-state index in [2.05, 4.69) is 5.10 Å². The molecule has 1 aromatic heterocycles. The van der Waals surface area contributed by atoms with E-state index in [1.54, 1.807) is 30.3 Å². The monoisotopic (exact) mass is 408 g/mol. The van der Waals surface area contributed by atoms with Gasteiger partial charge in [0.05, 0.1) is 11.4 Å². The van der Waals surface area contributed by atoms with Gasteiger partial charge in [0.25, 0.3) is 0 Å². The number of hydrogen-bond donors (Lipinski definition) is 0. The van der Waals surface area contributed by atoms with Crippen LogP contribution in [0.5, 0.6) is 5.88 Å². The van der Waals surface area contributed by atoms with Gasteiger partial charge in [0.2, 0.25) is 5.88 Å². The average Bonchev–Trinajstić information content (AvgIpc) is 3.12. The first-order chi connectivity index (χ1) is 14.0. The lowest BCUT2D eigenvalue weighted by Crippen LogP contribution is -2.14. The van der Waals surface area contributed by atoms with Crippen molar-refractivity contribution < 1.29 is 17.0 Å². The molecule has 4 rings (SSSR count). The van der Waals surface area contributed by atoms with Crippen molar-refractivity contribution >= 4 is 10.1 Å². The van der Waals surface area contributed by atoms with Gasteiger partial charge in [0.15, 0.2) is 0 Å². The molecule has 29 heavy (non-hydrogen) atoms. The molecule has 0 amide bonds. The minimum Gasteiger partial charge on any atom is -0.361 e. The molecule has 0 aliphatic heterocycles. The second-order valence-electron chi connectivity index (χ2n) is 6.39. The second-order valence-corrected chi connectivity index (χ2v) is 7.96. The number of hydrogen-bond acceptors (Lipinski definition) is 4. The Labute approximate surface area is 168 Å². The number of nitrogens with zero attached hydrogens (tertiary/aromatic N) is 2. The molecule has 1 heterocycles. The van der Waals surface area contributed by atoms with Gasteiger partial charge >= 0.3 is 10.1 Å². The summed E-state index contributed by atoms with van der Waals surface area (Å²) in [6, 6.07) is 25.2. The van der Waals surface area contributed by atoms with Gasteiger partial charge in [-0.2, -0.15) is 18.2 Å². The maximum Gasteiger partial charge on any atom is 0.314 e. The van der Waals surface area contributed by atoms with Crippen molar-refractivity contribution in [2.75, 3.05) is 0 Å². The van der Waals surface area contributed by atoms with Crippen LogP contribution in [0.3, 0.4) is 0 Å². The predicted octanol–water partition coefficient (Wildman–Crippen LogP) is 4.59. The zero-order valence-corrected chi connectivity index (χ0v) is 16.1. The lowest BCUT2D eigenvalue weighted by atomic mass is 10.2. The molecule has 0 radical (unpaired) electrons. The highest BCUT2D eigenvalue weighted by Gasteiger charge is 2.20. The molecule has 0 aliphatic rings. The van der Waals surface area contributed by atoms with Gasteiger partial charge in [-0.3, -0.25) is 0 Å². The molecule has 146 valence electrons. The second kappa shape index (κ2) is 7.89. The topological polar surface area (TPSA) is 61.2 Å². The van der Waals surface area contributed by atoms with Crippen molar-refractivity contribution in [3.05, 3.63) is 102 Å². The molecule has 0 saturated carbocycles. The normalized spacial score (nSPS) is 11.3. The summed E-state index contributed by atoms with van der Waals surface area (Å²) in [7, 11) is -3.93. The Hall–Kier alpha value is -3.45. The Morgan fingerprint density at radius 2 is 1.48 bits per heavy atom. The van der Waals surface area contributed by atoms with Crippen LogP contribution >= 0.6 is 0 Å². The van der Waals surface area contributed by atoms with E-state index in [-0.39, 0.29) is 11.6 Å². The summed E-state index contributed by atoms with van der Waals surface area (Å²) in [6.07, 6.45) is 0. The fraction of sp³-hybridized carbons (Fsp3) is 0.0455. The van der Waals surface area contributed by atoms with Crippen LogP contribution in [0, 0.1) is 5.82 Å². The van der Waals surface area contributed by atoms with Crippen LogP contribution in [0.2, 0.25) is 0 Å². The molecule has 0 bridgehead atoms. The molecule has 0 fully saturated rings. The molecule has 7 heteroatoms. The Balaban J connectivity index is 1.72. The molecule has 0 saturated heterocycles. The number of rotatable bonds is 6. The molecular formula is C22H17FN2O3S. The zero-order valence-electron chi connectivity index (χ0n) is 15.3. The smallest absolute Gasteiger partial charge is 0.314 e. The van der Waals surface area contributed by atoms with Crippen LogP contribution in [-0.2, 0) is 15.9 Å². The lowest BCUT2D eigenvalue weighted by molar-refractivity contribution is 0.464. The van der Waals surface area contributed by atoms with Gasteiger partial charge in [-0.1, -0.05) is 60.7 Å². The van der Waals surface area contributed by atoms with Gasteiger partial charge in [0.1, 0.15) is 11.6 Å². The molecule has 4 aromatic rings. The Bertz CT molecular complexity index is 1210. The Morgan fingerprint density at radius 3 is 2.14 bits per heavy atom. The van der Waals surface area contributed by atoms with E-state index in [1.807, 2.05) is 36.4 Å². The van der Waals surface area contributed by atoms with Gasteiger partial charge in [0, 0.05) is 11.6 Å². The van der Waals surface area contributed by atoms with Crippen LogP contribution < -0.4 is 4.18 Å². The van der Waals surface area contributed by atoms with Crippen molar-refractivity contribution in [3.8, 4) is 22.8 Å². The molecule has 0 N–H and O–H groups in total. The highest BCUT2D eigenvalue weighted by atomic mass is 32.2. The summed E-state index contributed by atoms with van der Waals surface area (Å²) in [5, 5.41) is 4.48. The number of aromatic nitrogens is 2. The first kappa shape index (κ1) is 18.9. The molecule has 0 spiro atoms. The fourth-order valence-electron chi connectivity index (χ4n) is 2.88. The quantitative estimate of drug-likeness (QED) is 0.438. The van der Waals surface area contributed by atoms with Gasteiger partial charge < -0.3 is 4.18 Å². The van der Waals surface area contributed by atoms with E-state index >= 15 is 0 Å². The van der Waals surface area contributed by atoms with Gasteiger partial charge in [-0.15, -0.1) is 0 Å². The Morgan fingerprint density at radius 1 is 0.862 bits per heavy atom. The summed E-state index contributed by atoms with van der Waals surface area (Å²) >= 11 is 0. The third-order valence-electron chi connectivity index (χ3n) is 4.22. The van der Waals surface area contributed by atoms with Gasteiger partial charge in [-0.25, -0.2) is 4.39 Å². The third kappa shape index (κ3) is 4.52.